The van der Waals surface area contributed by atoms with Gasteiger partial charge in [-0.25, -0.2) is 13.2 Å². The van der Waals surface area contributed by atoms with Crippen LogP contribution >= 0.6 is 0 Å². The van der Waals surface area contributed by atoms with Crippen molar-refractivity contribution in [1.29, 1.82) is 0 Å². The van der Waals surface area contributed by atoms with E-state index in [1.807, 2.05) is 0 Å². The number of rotatable bonds is 2. The molecule has 4 heteroatoms. The van der Waals surface area contributed by atoms with E-state index < -0.39 is 17.0 Å². The largest absolute Gasteiger partial charge is 0.381 e. The van der Waals surface area contributed by atoms with E-state index in [-0.39, 0.29) is 11.8 Å². The van der Waals surface area contributed by atoms with Gasteiger partial charge < -0.3 is 4.74 Å². The van der Waals surface area contributed by atoms with Gasteiger partial charge in [0, 0.05) is 13.2 Å². The molecule has 1 saturated heterocycles. The lowest BCUT2D eigenvalue weighted by molar-refractivity contribution is -0.0287. The minimum absolute atomic E-state index is 0.258. The molecule has 1 saturated carbocycles. The van der Waals surface area contributed by atoms with Crippen LogP contribution in [-0.2, 0) is 4.74 Å². The van der Waals surface area contributed by atoms with Crippen molar-refractivity contribution < 1.29 is 17.9 Å². The molecule has 0 bridgehead atoms. The normalized spacial score (nSPS) is 43.7. The fourth-order valence-corrected chi connectivity index (χ4v) is 3.81. The zero-order valence-electron chi connectivity index (χ0n) is 10.0. The predicted molar refractivity (Wildman–Crippen MR) is 55.3 cm³/mol. The summed E-state index contributed by atoms with van der Waals surface area (Å²) in [5.41, 5.74) is -3.82. The van der Waals surface area contributed by atoms with Gasteiger partial charge in [-0.2, -0.15) is 0 Å². The maximum absolute atomic E-state index is 14.1. The monoisotopic (exact) mass is 236 g/mol. The van der Waals surface area contributed by atoms with Gasteiger partial charge in [-0.15, -0.1) is 0 Å². The molecule has 2 rings (SSSR count). The number of hydrogen-bond acceptors (Lipinski definition) is 1. The summed E-state index contributed by atoms with van der Waals surface area (Å²) in [5, 5.41) is 0. The molecule has 1 nitrogen and oxygen atoms in total. The van der Waals surface area contributed by atoms with Gasteiger partial charge in [0.05, 0.1) is 5.41 Å². The highest BCUT2D eigenvalue weighted by molar-refractivity contribution is 5.32. The Balaban J connectivity index is 2.32. The lowest BCUT2D eigenvalue weighted by Crippen LogP contribution is -2.34. The molecular weight excluding hydrogens is 217 g/mol. The summed E-state index contributed by atoms with van der Waals surface area (Å²) in [4.78, 5) is 0. The first-order chi connectivity index (χ1) is 7.30. The van der Waals surface area contributed by atoms with Gasteiger partial charge in [0.15, 0.2) is 5.67 Å². The Kier molecular flexibility index (Phi) is 2.58. The van der Waals surface area contributed by atoms with Crippen LogP contribution in [0.15, 0.2) is 0 Å². The third kappa shape index (κ3) is 1.12. The molecule has 1 aliphatic heterocycles. The van der Waals surface area contributed by atoms with E-state index in [2.05, 4.69) is 0 Å². The van der Waals surface area contributed by atoms with Gasteiger partial charge >= 0.3 is 0 Å². The van der Waals surface area contributed by atoms with Crippen LogP contribution in [0.4, 0.5) is 13.2 Å². The molecule has 2 aliphatic rings. The summed E-state index contributed by atoms with van der Waals surface area (Å²) in [7, 11) is 0. The summed E-state index contributed by atoms with van der Waals surface area (Å²) < 4.78 is 47.0. The van der Waals surface area contributed by atoms with Crippen molar-refractivity contribution >= 4 is 0 Å². The lowest BCUT2D eigenvalue weighted by Gasteiger charge is -2.33. The van der Waals surface area contributed by atoms with E-state index in [4.69, 9.17) is 4.74 Å². The quantitative estimate of drug-likeness (QED) is 0.713. The van der Waals surface area contributed by atoms with Gasteiger partial charge in [-0.05, 0) is 31.6 Å². The molecule has 0 amide bonds. The first-order valence-corrected chi connectivity index (χ1v) is 5.94. The fraction of sp³-hybridized carbons (Fsp3) is 1.00. The standard InChI is InChI=1S/C12H19F3O/c1-8(2)11(9-4-6-16-7-5-9)10(3,13)12(11,14)15/h8-9H,4-7H2,1-3H3. The number of hydrogen-bond donors (Lipinski definition) is 0. The van der Waals surface area contributed by atoms with Gasteiger partial charge in [-0.1, -0.05) is 13.8 Å². The average Bonchev–Trinajstić information content (AvgIpc) is 2.55. The second-order valence-corrected chi connectivity index (χ2v) is 5.49. The molecule has 0 aromatic carbocycles. The second kappa shape index (κ2) is 3.37. The van der Waals surface area contributed by atoms with Gasteiger partial charge in [-0.3, -0.25) is 0 Å². The third-order valence-corrected chi connectivity index (χ3v) is 4.60. The van der Waals surface area contributed by atoms with Crippen LogP contribution in [0, 0.1) is 17.3 Å². The molecular formula is C12H19F3O. The molecule has 1 heterocycles. The predicted octanol–water partition coefficient (Wildman–Crippen LogP) is 3.43. The van der Waals surface area contributed by atoms with E-state index in [0.717, 1.165) is 6.92 Å². The van der Waals surface area contributed by atoms with E-state index in [9.17, 15) is 13.2 Å². The Morgan fingerprint density at radius 2 is 1.56 bits per heavy atom. The van der Waals surface area contributed by atoms with Crippen molar-refractivity contribution in [2.45, 2.75) is 45.2 Å². The van der Waals surface area contributed by atoms with Crippen LogP contribution in [-0.4, -0.2) is 24.8 Å². The highest BCUT2D eigenvalue weighted by atomic mass is 19.3. The Labute approximate surface area is 94.4 Å². The summed E-state index contributed by atoms with van der Waals surface area (Å²) in [6, 6.07) is 0. The smallest absolute Gasteiger partial charge is 0.291 e. The van der Waals surface area contributed by atoms with Gasteiger partial charge in [0.2, 0.25) is 0 Å². The average molecular weight is 236 g/mol. The molecule has 0 radical (unpaired) electrons. The van der Waals surface area contributed by atoms with E-state index in [0.29, 0.717) is 26.1 Å². The maximum Gasteiger partial charge on any atom is 0.291 e. The van der Waals surface area contributed by atoms with Crippen LogP contribution in [0.2, 0.25) is 0 Å². The summed E-state index contributed by atoms with van der Waals surface area (Å²) in [6.45, 7) is 5.42. The molecule has 94 valence electrons. The van der Waals surface area contributed by atoms with E-state index in [1.54, 1.807) is 13.8 Å². The third-order valence-electron chi connectivity index (χ3n) is 4.60. The fourth-order valence-electron chi connectivity index (χ4n) is 3.81. The second-order valence-electron chi connectivity index (χ2n) is 5.49. The molecule has 2 unspecified atom stereocenters. The highest BCUT2D eigenvalue weighted by Gasteiger charge is 2.93. The first-order valence-electron chi connectivity index (χ1n) is 5.94. The van der Waals surface area contributed by atoms with Gasteiger partial charge in [0.25, 0.3) is 5.92 Å². The van der Waals surface area contributed by atoms with Crippen molar-refractivity contribution in [1.82, 2.24) is 0 Å². The van der Waals surface area contributed by atoms with Crippen molar-refractivity contribution in [3.05, 3.63) is 0 Å². The minimum Gasteiger partial charge on any atom is -0.381 e. The Morgan fingerprint density at radius 1 is 1.12 bits per heavy atom. The summed E-state index contributed by atoms with van der Waals surface area (Å²) >= 11 is 0. The van der Waals surface area contributed by atoms with Crippen molar-refractivity contribution in [3.8, 4) is 0 Å². The molecule has 1 aliphatic carbocycles. The molecule has 2 fully saturated rings. The zero-order valence-corrected chi connectivity index (χ0v) is 10.0. The van der Waals surface area contributed by atoms with Crippen molar-refractivity contribution in [2.75, 3.05) is 13.2 Å². The van der Waals surface area contributed by atoms with Crippen molar-refractivity contribution in [3.63, 3.8) is 0 Å². The SMILES string of the molecule is CC(C)C1(C2CCOCC2)C(C)(F)C1(F)F. The summed E-state index contributed by atoms with van der Waals surface area (Å²) in [6.07, 6.45) is 1.10. The number of alkyl halides is 3. The summed E-state index contributed by atoms with van der Waals surface area (Å²) in [5.74, 6) is -3.79. The van der Waals surface area contributed by atoms with Crippen LogP contribution in [0.1, 0.15) is 33.6 Å². The van der Waals surface area contributed by atoms with E-state index in [1.165, 1.54) is 0 Å². The van der Waals surface area contributed by atoms with Crippen LogP contribution in [0.5, 0.6) is 0 Å². The minimum atomic E-state index is -3.18. The molecule has 16 heavy (non-hydrogen) atoms. The Morgan fingerprint density at radius 3 is 1.88 bits per heavy atom. The highest BCUT2D eigenvalue weighted by Crippen LogP contribution is 2.78. The maximum atomic E-state index is 14.1. The van der Waals surface area contributed by atoms with Crippen LogP contribution in [0.25, 0.3) is 0 Å². The lowest BCUT2D eigenvalue weighted by atomic mass is 9.73. The molecule has 2 atom stereocenters. The number of ether oxygens (including phenoxy) is 1. The van der Waals surface area contributed by atoms with Crippen LogP contribution < -0.4 is 0 Å². The first kappa shape index (κ1) is 12.2. The Hall–Kier alpha value is -0.250. The van der Waals surface area contributed by atoms with Crippen LogP contribution in [0.3, 0.4) is 0 Å². The molecule has 0 spiro atoms. The van der Waals surface area contributed by atoms with Crippen molar-refractivity contribution in [2.24, 2.45) is 17.3 Å². The Bertz CT molecular complexity index is 266. The molecule has 0 aromatic rings. The number of halogens is 3. The molecule has 0 N–H and O–H groups in total. The van der Waals surface area contributed by atoms with Gasteiger partial charge in [0.1, 0.15) is 0 Å². The topological polar surface area (TPSA) is 9.23 Å². The van der Waals surface area contributed by atoms with E-state index >= 15 is 0 Å². The molecule has 0 aromatic heterocycles. The zero-order chi connectivity index (χ0) is 12.2.